The number of Topliss-reactive ketones (excluding diaryl/α,β-unsaturated/α-hetero) is 1. The van der Waals surface area contributed by atoms with Crippen LogP contribution in [0.5, 0.6) is 0 Å². The van der Waals surface area contributed by atoms with E-state index in [2.05, 4.69) is 0 Å². The topological polar surface area (TPSA) is 52.3 Å². The zero-order chi connectivity index (χ0) is 10.4. The summed E-state index contributed by atoms with van der Waals surface area (Å²) in [5.74, 6) is 0.155. The van der Waals surface area contributed by atoms with Crippen molar-refractivity contribution in [2.75, 3.05) is 13.2 Å². The van der Waals surface area contributed by atoms with Gasteiger partial charge in [-0.2, -0.15) is 0 Å². The molecular weight excluding hydrogens is 178 g/mol. The summed E-state index contributed by atoms with van der Waals surface area (Å²) in [6.07, 6.45) is 5.77. The molecule has 0 bridgehead atoms. The van der Waals surface area contributed by atoms with E-state index in [0.29, 0.717) is 13.0 Å². The number of ketones is 1. The van der Waals surface area contributed by atoms with Crippen molar-refractivity contribution in [1.29, 1.82) is 0 Å². The van der Waals surface area contributed by atoms with Crippen molar-refractivity contribution in [2.24, 2.45) is 5.73 Å². The maximum absolute atomic E-state index is 11.5. The van der Waals surface area contributed by atoms with Gasteiger partial charge in [0.15, 0.2) is 5.78 Å². The summed E-state index contributed by atoms with van der Waals surface area (Å²) in [4.78, 5) is 11.5. The second-order valence-electron chi connectivity index (χ2n) is 4.34. The molecule has 0 aromatic rings. The van der Waals surface area contributed by atoms with E-state index in [-0.39, 0.29) is 17.9 Å². The lowest BCUT2D eigenvalue weighted by Gasteiger charge is -2.22. The van der Waals surface area contributed by atoms with Crippen LogP contribution >= 0.6 is 0 Å². The van der Waals surface area contributed by atoms with Crippen LogP contribution in [0.15, 0.2) is 0 Å². The molecule has 14 heavy (non-hydrogen) atoms. The summed E-state index contributed by atoms with van der Waals surface area (Å²) >= 11 is 0. The first-order chi connectivity index (χ1) is 6.66. The molecule has 0 amide bonds. The Morgan fingerprint density at radius 3 is 2.64 bits per heavy atom. The van der Waals surface area contributed by atoms with Gasteiger partial charge in [0, 0.05) is 18.6 Å². The summed E-state index contributed by atoms with van der Waals surface area (Å²) in [5, 5.41) is 0. The van der Waals surface area contributed by atoms with Crippen LogP contribution in [0.25, 0.3) is 0 Å². The van der Waals surface area contributed by atoms with E-state index in [0.717, 1.165) is 19.3 Å². The molecule has 0 heterocycles. The molecule has 1 rings (SSSR count). The minimum absolute atomic E-state index is 0.155. The van der Waals surface area contributed by atoms with Gasteiger partial charge in [0.05, 0.1) is 0 Å². The van der Waals surface area contributed by atoms with Crippen molar-refractivity contribution in [3.8, 4) is 0 Å². The highest BCUT2D eigenvalue weighted by molar-refractivity contribution is 5.80. The smallest absolute Gasteiger partial charge is 0.160 e. The van der Waals surface area contributed by atoms with Gasteiger partial charge in [0.25, 0.3) is 0 Å². The van der Waals surface area contributed by atoms with E-state index in [1.165, 1.54) is 12.8 Å². The Balaban J connectivity index is 2.19. The van der Waals surface area contributed by atoms with Crippen molar-refractivity contribution in [1.82, 2.24) is 0 Å². The second-order valence-corrected chi connectivity index (χ2v) is 4.34. The summed E-state index contributed by atoms with van der Waals surface area (Å²) in [6.45, 7) is 2.95. The molecule has 0 aromatic carbocycles. The van der Waals surface area contributed by atoms with Crippen molar-refractivity contribution in [2.45, 2.75) is 51.0 Å². The SMILES string of the molecule is CCCOCC(=O)CC1(N)CCCC1. The van der Waals surface area contributed by atoms with Gasteiger partial charge in [-0.05, 0) is 19.3 Å². The van der Waals surface area contributed by atoms with Crippen LogP contribution in [0.1, 0.15) is 45.4 Å². The first-order valence-corrected chi connectivity index (χ1v) is 5.55. The zero-order valence-corrected chi connectivity index (χ0v) is 9.05. The number of ether oxygens (including phenoxy) is 1. The summed E-state index contributed by atoms with van der Waals surface area (Å²) in [6, 6.07) is 0. The molecule has 0 spiro atoms. The van der Waals surface area contributed by atoms with E-state index in [4.69, 9.17) is 10.5 Å². The van der Waals surface area contributed by atoms with Gasteiger partial charge in [-0.1, -0.05) is 19.8 Å². The number of rotatable bonds is 6. The average Bonchev–Trinajstić information content (AvgIpc) is 2.52. The molecule has 1 aliphatic rings. The lowest BCUT2D eigenvalue weighted by atomic mass is 9.92. The van der Waals surface area contributed by atoms with E-state index in [1.54, 1.807) is 0 Å². The van der Waals surface area contributed by atoms with Crippen molar-refractivity contribution < 1.29 is 9.53 Å². The van der Waals surface area contributed by atoms with Gasteiger partial charge in [-0.3, -0.25) is 4.79 Å². The van der Waals surface area contributed by atoms with Crippen molar-refractivity contribution in [3.05, 3.63) is 0 Å². The van der Waals surface area contributed by atoms with Gasteiger partial charge in [-0.25, -0.2) is 0 Å². The molecule has 0 atom stereocenters. The predicted octanol–water partition coefficient (Wildman–Crippen LogP) is 1.64. The fourth-order valence-corrected chi connectivity index (χ4v) is 2.03. The van der Waals surface area contributed by atoms with Gasteiger partial charge in [0.1, 0.15) is 6.61 Å². The Hall–Kier alpha value is -0.410. The van der Waals surface area contributed by atoms with Crippen molar-refractivity contribution in [3.63, 3.8) is 0 Å². The molecule has 0 aromatic heterocycles. The van der Waals surface area contributed by atoms with Crippen molar-refractivity contribution >= 4 is 5.78 Å². The normalized spacial score (nSPS) is 19.9. The minimum atomic E-state index is -0.216. The highest BCUT2D eigenvalue weighted by atomic mass is 16.5. The highest BCUT2D eigenvalue weighted by Gasteiger charge is 2.31. The van der Waals surface area contributed by atoms with Gasteiger partial charge in [-0.15, -0.1) is 0 Å². The van der Waals surface area contributed by atoms with Crippen LogP contribution in [0, 0.1) is 0 Å². The molecule has 1 aliphatic carbocycles. The third-order valence-corrected chi connectivity index (χ3v) is 2.76. The van der Waals surface area contributed by atoms with Crippen LogP contribution in [-0.2, 0) is 9.53 Å². The average molecular weight is 199 g/mol. The third kappa shape index (κ3) is 3.76. The van der Waals surface area contributed by atoms with Gasteiger partial charge < -0.3 is 10.5 Å². The lowest BCUT2D eigenvalue weighted by Crippen LogP contribution is -2.39. The highest BCUT2D eigenvalue weighted by Crippen LogP contribution is 2.30. The van der Waals surface area contributed by atoms with Crippen LogP contribution in [-0.4, -0.2) is 24.5 Å². The molecule has 0 unspecified atom stereocenters. The van der Waals surface area contributed by atoms with Crippen LogP contribution in [0.3, 0.4) is 0 Å². The standard InChI is InChI=1S/C11H21NO2/c1-2-7-14-9-10(13)8-11(12)5-3-4-6-11/h2-9,12H2,1H3. The molecular formula is C11H21NO2. The Morgan fingerprint density at radius 2 is 2.07 bits per heavy atom. The molecule has 0 radical (unpaired) electrons. The number of hydrogen-bond acceptors (Lipinski definition) is 3. The maximum Gasteiger partial charge on any atom is 0.160 e. The Labute approximate surface area is 86.0 Å². The van der Waals surface area contributed by atoms with Crippen LogP contribution in [0.4, 0.5) is 0 Å². The summed E-state index contributed by atoms with van der Waals surface area (Å²) in [7, 11) is 0. The lowest BCUT2D eigenvalue weighted by molar-refractivity contribution is -0.124. The Morgan fingerprint density at radius 1 is 1.43 bits per heavy atom. The fraction of sp³-hybridized carbons (Fsp3) is 0.909. The van der Waals surface area contributed by atoms with E-state index in [1.807, 2.05) is 6.92 Å². The van der Waals surface area contributed by atoms with Crippen LogP contribution < -0.4 is 5.73 Å². The number of carbonyl (C=O) groups is 1. The van der Waals surface area contributed by atoms with E-state index in [9.17, 15) is 4.79 Å². The molecule has 2 N–H and O–H groups in total. The molecule has 0 aliphatic heterocycles. The number of nitrogens with two attached hydrogens (primary N) is 1. The maximum atomic E-state index is 11.5. The van der Waals surface area contributed by atoms with E-state index >= 15 is 0 Å². The summed E-state index contributed by atoms with van der Waals surface area (Å²) < 4.78 is 5.19. The molecule has 1 saturated carbocycles. The fourth-order valence-electron chi connectivity index (χ4n) is 2.03. The zero-order valence-electron chi connectivity index (χ0n) is 9.05. The Kier molecular flexibility index (Phi) is 4.55. The van der Waals surface area contributed by atoms with Gasteiger partial charge in [0.2, 0.25) is 0 Å². The Bertz CT molecular complexity index is 186. The molecule has 0 saturated heterocycles. The van der Waals surface area contributed by atoms with Gasteiger partial charge >= 0.3 is 0 Å². The largest absolute Gasteiger partial charge is 0.374 e. The quantitative estimate of drug-likeness (QED) is 0.662. The van der Waals surface area contributed by atoms with E-state index < -0.39 is 0 Å². The number of hydrogen-bond donors (Lipinski definition) is 1. The molecule has 1 fully saturated rings. The first kappa shape index (κ1) is 11.7. The molecule has 3 heteroatoms. The predicted molar refractivity (Wildman–Crippen MR) is 56.1 cm³/mol. The summed E-state index contributed by atoms with van der Waals surface area (Å²) in [5.41, 5.74) is 5.87. The van der Waals surface area contributed by atoms with Crippen LogP contribution in [0.2, 0.25) is 0 Å². The third-order valence-electron chi connectivity index (χ3n) is 2.76. The minimum Gasteiger partial charge on any atom is -0.374 e. The first-order valence-electron chi connectivity index (χ1n) is 5.55. The molecule has 3 nitrogen and oxygen atoms in total. The molecule has 82 valence electrons. The number of carbonyl (C=O) groups excluding carboxylic acids is 1. The monoisotopic (exact) mass is 199 g/mol. The second kappa shape index (κ2) is 5.47.